The summed E-state index contributed by atoms with van der Waals surface area (Å²) in [7, 11) is 0. The van der Waals surface area contributed by atoms with Crippen LogP contribution in [-0.4, -0.2) is 50.0 Å². The number of aliphatic carboxylic acids is 2. The van der Waals surface area contributed by atoms with E-state index in [-0.39, 0.29) is 30.4 Å². The molecular weight excluding hydrogens is 458 g/mol. The lowest BCUT2D eigenvalue weighted by molar-refractivity contribution is -0.140. The van der Waals surface area contributed by atoms with Crippen LogP contribution in [0, 0.1) is 0 Å². The Hall–Kier alpha value is -4.74. The number of hydrogen-bond acceptors (Lipinski definition) is 7. The number of carboxylic acids is 2. The molecule has 1 heterocycles. The van der Waals surface area contributed by atoms with E-state index in [4.69, 9.17) is 10.8 Å². The van der Waals surface area contributed by atoms with Crippen molar-refractivity contribution in [1.82, 2.24) is 15.3 Å². The number of carbonyl (C=O) groups is 4. The number of hydrogen-bond donors (Lipinski definition) is 5. The van der Waals surface area contributed by atoms with E-state index in [1.807, 2.05) is 0 Å². The average molecular weight is 481 g/mol. The maximum absolute atomic E-state index is 12.4. The minimum atomic E-state index is -1.35. The van der Waals surface area contributed by atoms with Crippen molar-refractivity contribution in [2.45, 2.75) is 32.4 Å². The minimum absolute atomic E-state index is 0.00120. The van der Waals surface area contributed by atoms with Gasteiger partial charge in [-0.25, -0.2) is 9.78 Å². The maximum atomic E-state index is 12.4. The Morgan fingerprint density at radius 2 is 1.80 bits per heavy atom. The predicted molar refractivity (Wildman–Crippen MR) is 126 cm³/mol. The van der Waals surface area contributed by atoms with Crippen molar-refractivity contribution < 1.29 is 29.4 Å². The first-order valence-corrected chi connectivity index (χ1v) is 10.5. The molecule has 0 saturated carbocycles. The third-order valence-electron chi connectivity index (χ3n) is 5.20. The summed E-state index contributed by atoms with van der Waals surface area (Å²) >= 11 is 0. The summed E-state index contributed by atoms with van der Waals surface area (Å²) in [5, 5.41) is 20.6. The van der Waals surface area contributed by atoms with E-state index in [1.165, 1.54) is 36.1 Å². The topological polar surface area (TPSA) is 196 Å². The molecule has 0 aliphatic rings. The van der Waals surface area contributed by atoms with E-state index < -0.39 is 35.9 Å². The van der Waals surface area contributed by atoms with Gasteiger partial charge in [-0.15, -0.1) is 0 Å². The molecule has 2 amide bonds. The second kappa shape index (κ2) is 10.5. The number of benzene rings is 2. The molecule has 12 heteroatoms. The van der Waals surface area contributed by atoms with Gasteiger partial charge in [0.05, 0.1) is 17.4 Å². The van der Waals surface area contributed by atoms with Gasteiger partial charge in [0.25, 0.3) is 11.5 Å². The summed E-state index contributed by atoms with van der Waals surface area (Å²) in [5.74, 6) is -3.49. The highest BCUT2D eigenvalue weighted by Crippen LogP contribution is 2.20. The zero-order chi connectivity index (χ0) is 25.7. The van der Waals surface area contributed by atoms with Gasteiger partial charge >= 0.3 is 11.9 Å². The molecule has 0 spiro atoms. The number of nitrogens with one attached hydrogen (secondary N) is 2. The first-order chi connectivity index (χ1) is 16.5. The molecule has 0 aliphatic carbocycles. The number of carbonyl (C=O) groups excluding carboxylic acids is 2. The number of anilines is 2. The number of nitrogens with zero attached hydrogens (tertiary/aromatic N) is 2. The van der Waals surface area contributed by atoms with E-state index in [9.17, 15) is 29.1 Å². The molecule has 12 nitrogen and oxygen atoms in total. The van der Waals surface area contributed by atoms with E-state index >= 15 is 0 Å². The van der Waals surface area contributed by atoms with Crippen LogP contribution in [0.2, 0.25) is 0 Å². The van der Waals surface area contributed by atoms with Gasteiger partial charge in [0.2, 0.25) is 11.9 Å². The molecular formula is C23H23N5O7. The second-order valence-electron chi connectivity index (χ2n) is 7.75. The number of carboxylic acid groups (broad SMARTS) is 2. The van der Waals surface area contributed by atoms with E-state index in [2.05, 4.69) is 15.3 Å². The molecule has 0 bridgehead atoms. The van der Waals surface area contributed by atoms with Crippen LogP contribution in [-0.2, 0) is 20.9 Å². The Labute approximate surface area is 198 Å². The Bertz CT molecular complexity index is 1350. The summed E-state index contributed by atoms with van der Waals surface area (Å²) in [6.07, 6.45) is -0.669. The predicted octanol–water partition coefficient (Wildman–Crippen LogP) is 1.11. The van der Waals surface area contributed by atoms with Gasteiger partial charge in [-0.3, -0.25) is 24.2 Å². The highest BCUT2D eigenvalue weighted by molar-refractivity contribution is 5.98. The van der Waals surface area contributed by atoms with E-state index in [0.29, 0.717) is 22.2 Å². The highest BCUT2D eigenvalue weighted by Gasteiger charge is 2.22. The number of fused-ring (bicyclic) bond motifs is 1. The molecule has 1 aromatic heterocycles. The average Bonchev–Trinajstić information content (AvgIpc) is 2.79. The fraction of sp³-hybridized carbons (Fsp3) is 0.217. The van der Waals surface area contributed by atoms with Crippen LogP contribution < -0.4 is 21.5 Å². The van der Waals surface area contributed by atoms with Crippen LogP contribution in [0.4, 0.5) is 11.6 Å². The minimum Gasteiger partial charge on any atom is -0.481 e. The monoisotopic (exact) mass is 481 g/mol. The fourth-order valence-electron chi connectivity index (χ4n) is 3.43. The van der Waals surface area contributed by atoms with Crippen molar-refractivity contribution in [2.75, 3.05) is 10.6 Å². The third kappa shape index (κ3) is 6.19. The molecule has 35 heavy (non-hydrogen) atoms. The Kier molecular flexibility index (Phi) is 7.44. The quantitative estimate of drug-likeness (QED) is 0.297. The lowest BCUT2D eigenvalue weighted by Gasteiger charge is -2.22. The number of aromatic nitrogens is 2. The van der Waals surface area contributed by atoms with Crippen LogP contribution in [0.3, 0.4) is 0 Å². The highest BCUT2D eigenvalue weighted by atomic mass is 16.4. The van der Waals surface area contributed by atoms with E-state index in [0.717, 1.165) is 0 Å². The van der Waals surface area contributed by atoms with Crippen molar-refractivity contribution in [3.05, 3.63) is 63.9 Å². The number of nitrogens with two attached hydrogens (primary N) is 1. The first kappa shape index (κ1) is 24.9. The molecule has 3 aromatic rings. The lowest BCUT2D eigenvalue weighted by atomic mass is 10.1. The first-order valence-electron chi connectivity index (χ1n) is 10.5. The van der Waals surface area contributed by atoms with Gasteiger partial charge in [0, 0.05) is 24.6 Å². The van der Waals surface area contributed by atoms with Crippen molar-refractivity contribution in [3.8, 4) is 0 Å². The molecule has 3 rings (SSSR count). The number of nitrogen functional groups attached to an aromatic ring is 1. The van der Waals surface area contributed by atoms with E-state index in [1.54, 1.807) is 18.2 Å². The number of rotatable bonds is 9. The smallest absolute Gasteiger partial charge is 0.326 e. The second-order valence-corrected chi connectivity index (χ2v) is 7.75. The van der Waals surface area contributed by atoms with Crippen molar-refractivity contribution in [2.24, 2.45) is 0 Å². The van der Waals surface area contributed by atoms with Crippen molar-refractivity contribution in [1.29, 1.82) is 0 Å². The molecule has 0 fully saturated rings. The summed E-state index contributed by atoms with van der Waals surface area (Å²) in [6.45, 7) is 1.51. The Morgan fingerprint density at radius 3 is 2.40 bits per heavy atom. The SMILES string of the molecule is CC(=O)N(Cc1ccc2nc(N)[nH]c(=O)c2c1)c1ccc(C(=O)N[C@@H](CCC(=O)O)C(=O)O)cc1. The molecule has 0 unspecified atom stereocenters. The van der Waals surface area contributed by atoms with Crippen LogP contribution in [0.5, 0.6) is 0 Å². The zero-order valence-electron chi connectivity index (χ0n) is 18.6. The van der Waals surface area contributed by atoms with Gasteiger partial charge in [0.15, 0.2) is 0 Å². The molecule has 0 saturated heterocycles. The zero-order valence-corrected chi connectivity index (χ0v) is 18.6. The molecule has 0 radical (unpaired) electrons. The largest absolute Gasteiger partial charge is 0.481 e. The molecule has 0 aliphatic heterocycles. The fourth-order valence-corrected chi connectivity index (χ4v) is 3.43. The molecule has 6 N–H and O–H groups in total. The van der Waals surface area contributed by atoms with Crippen molar-refractivity contribution in [3.63, 3.8) is 0 Å². The summed E-state index contributed by atoms with van der Waals surface area (Å²) in [6, 6.07) is 9.51. The number of aromatic amines is 1. The lowest BCUT2D eigenvalue weighted by Crippen LogP contribution is -2.41. The summed E-state index contributed by atoms with van der Waals surface area (Å²) in [5.41, 5.74) is 6.85. The normalized spacial score (nSPS) is 11.6. The summed E-state index contributed by atoms with van der Waals surface area (Å²) < 4.78 is 0. The van der Waals surface area contributed by atoms with Gasteiger partial charge in [-0.1, -0.05) is 6.07 Å². The van der Waals surface area contributed by atoms with Gasteiger partial charge in [-0.2, -0.15) is 0 Å². The Balaban J connectivity index is 1.78. The Morgan fingerprint density at radius 1 is 1.11 bits per heavy atom. The molecule has 1 atom stereocenters. The molecule has 182 valence electrons. The third-order valence-corrected chi connectivity index (χ3v) is 5.20. The number of amides is 2. The van der Waals surface area contributed by atoms with Crippen LogP contribution >= 0.6 is 0 Å². The molecule has 2 aromatic carbocycles. The van der Waals surface area contributed by atoms with Crippen LogP contribution in [0.1, 0.15) is 35.7 Å². The van der Waals surface area contributed by atoms with Crippen LogP contribution in [0.15, 0.2) is 47.3 Å². The standard InChI is InChI=1S/C23H23N5O7/c1-12(29)28(11-13-2-7-17-16(10-13)21(33)27-23(24)26-17)15-5-3-14(4-6-15)20(32)25-18(22(34)35)8-9-19(30)31/h2-7,10,18H,8-9,11H2,1H3,(H,25,32)(H,30,31)(H,34,35)(H3,24,26,27,33)/t18-/m0/s1. The van der Waals surface area contributed by atoms with Gasteiger partial charge < -0.3 is 26.2 Å². The van der Waals surface area contributed by atoms with Crippen molar-refractivity contribution >= 4 is 46.3 Å². The summed E-state index contributed by atoms with van der Waals surface area (Å²) in [4.78, 5) is 66.9. The van der Waals surface area contributed by atoms with Crippen LogP contribution in [0.25, 0.3) is 10.9 Å². The van der Waals surface area contributed by atoms with Gasteiger partial charge in [-0.05, 0) is 48.4 Å². The number of H-pyrrole nitrogens is 1. The van der Waals surface area contributed by atoms with Gasteiger partial charge in [0.1, 0.15) is 6.04 Å². The maximum Gasteiger partial charge on any atom is 0.326 e.